The van der Waals surface area contributed by atoms with Crippen LogP contribution in [0.15, 0.2) is 36.5 Å². The number of fused-ring (bicyclic) bond motifs is 1. The van der Waals surface area contributed by atoms with Crippen molar-refractivity contribution in [2.75, 3.05) is 26.2 Å². The summed E-state index contributed by atoms with van der Waals surface area (Å²) in [5.41, 5.74) is 2.28. The van der Waals surface area contributed by atoms with Gasteiger partial charge in [0.25, 0.3) is 5.91 Å². The molecule has 0 radical (unpaired) electrons. The molecule has 11 nitrogen and oxygen atoms in total. The van der Waals surface area contributed by atoms with Crippen LogP contribution in [0.4, 0.5) is 0 Å². The first-order valence-electron chi connectivity index (χ1n) is 16.8. The molecule has 1 saturated carbocycles. The molecule has 4 amide bonds. The van der Waals surface area contributed by atoms with Crippen molar-refractivity contribution in [3.8, 4) is 0 Å². The van der Waals surface area contributed by atoms with Gasteiger partial charge in [0.2, 0.25) is 17.7 Å². The van der Waals surface area contributed by atoms with E-state index in [1.807, 2.05) is 29.2 Å². The van der Waals surface area contributed by atoms with Crippen LogP contribution in [0.1, 0.15) is 86.3 Å². The molecule has 2 unspecified atom stereocenters. The molecule has 11 heteroatoms. The van der Waals surface area contributed by atoms with Gasteiger partial charge in [0.15, 0.2) is 0 Å². The molecule has 1 aliphatic carbocycles. The molecule has 3 fully saturated rings. The van der Waals surface area contributed by atoms with E-state index in [-0.39, 0.29) is 29.5 Å². The lowest BCUT2D eigenvalue weighted by atomic mass is 9.83. The van der Waals surface area contributed by atoms with E-state index in [0.717, 1.165) is 75.7 Å². The first-order chi connectivity index (χ1) is 21.8. The van der Waals surface area contributed by atoms with Gasteiger partial charge in [0, 0.05) is 58.3 Å². The molecule has 5 rings (SSSR count). The minimum atomic E-state index is -0.616. The highest BCUT2D eigenvalue weighted by Crippen LogP contribution is 2.27. The fourth-order valence-electron chi connectivity index (χ4n) is 7.13. The zero-order chi connectivity index (χ0) is 31.8. The van der Waals surface area contributed by atoms with Crippen LogP contribution in [0.2, 0.25) is 0 Å². The molecule has 3 atom stereocenters. The molecule has 45 heavy (non-hydrogen) atoms. The van der Waals surface area contributed by atoms with Gasteiger partial charge in [-0.2, -0.15) is 5.10 Å². The van der Waals surface area contributed by atoms with E-state index in [9.17, 15) is 19.2 Å². The van der Waals surface area contributed by atoms with E-state index < -0.39 is 12.1 Å². The number of hydrogen-bond donors (Lipinski definition) is 3. The minimum Gasteiger partial charge on any atom is -0.350 e. The topological polar surface area (TPSA) is 129 Å². The van der Waals surface area contributed by atoms with Crippen LogP contribution < -0.4 is 16.0 Å². The second-order valence-corrected chi connectivity index (χ2v) is 12.9. The summed E-state index contributed by atoms with van der Waals surface area (Å²) in [6, 6.07) is 8.65. The Hall–Kier alpha value is -3.73. The van der Waals surface area contributed by atoms with Crippen molar-refractivity contribution in [3.63, 3.8) is 0 Å². The third kappa shape index (κ3) is 8.51. The molecule has 2 saturated heterocycles. The largest absolute Gasteiger partial charge is 0.350 e. The number of aryl methyl sites for hydroxylation is 1. The summed E-state index contributed by atoms with van der Waals surface area (Å²) in [7, 11) is 1.71. The highest BCUT2D eigenvalue weighted by atomic mass is 16.2. The van der Waals surface area contributed by atoms with E-state index >= 15 is 0 Å². The van der Waals surface area contributed by atoms with E-state index in [2.05, 4.69) is 25.9 Å². The molecule has 2 aliphatic heterocycles. The Morgan fingerprint density at radius 1 is 0.889 bits per heavy atom. The minimum absolute atomic E-state index is 0.0104. The van der Waals surface area contributed by atoms with Gasteiger partial charge in [-0.05, 0) is 61.8 Å². The summed E-state index contributed by atoms with van der Waals surface area (Å²) in [5, 5.41) is 13.1. The van der Waals surface area contributed by atoms with Gasteiger partial charge in [0.05, 0.1) is 0 Å². The van der Waals surface area contributed by atoms with E-state index in [1.54, 1.807) is 26.2 Å². The van der Waals surface area contributed by atoms with Crippen molar-refractivity contribution < 1.29 is 19.2 Å². The van der Waals surface area contributed by atoms with Crippen LogP contribution in [0, 0.1) is 5.92 Å². The zero-order valence-electron chi connectivity index (χ0n) is 26.8. The monoisotopic (exact) mass is 619 g/mol. The lowest BCUT2D eigenvalue weighted by molar-refractivity contribution is -0.136. The van der Waals surface area contributed by atoms with Gasteiger partial charge in [-0.1, -0.05) is 50.5 Å². The maximum Gasteiger partial charge on any atom is 0.270 e. The van der Waals surface area contributed by atoms with Gasteiger partial charge < -0.3 is 20.9 Å². The lowest BCUT2D eigenvalue weighted by Gasteiger charge is -2.30. The van der Waals surface area contributed by atoms with Crippen molar-refractivity contribution in [2.45, 2.75) is 95.8 Å². The average Bonchev–Trinajstić information content (AvgIpc) is 3.65. The predicted molar refractivity (Wildman–Crippen MR) is 171 cm³/mol. The van der Waals surface area contributed by atoms with Gasteiger partial charge in [0.1, 0.15) is 17.8 Å². The molecular weight excluding hydrogens is 570 g/mol. The SMILES string of the molecule is CCC(=O)N[C@H](Cc1ccc(CNC(=O)C(NC(=O)c2ccnn2C)C2CCCCC2)cc1)C(=O)N1CCCN2CCCC2C1. The lowest BCUT2D eigenvalue weighted by Crippen LogP contribution is -2.51. The van der Waals surface area contributed by atoms with Crippen molar-refractivity contribution in [1.29, 1.82) is 0 Å². The first-order valence-corrected chi connectivity index (χ1v) is 16.8. The molecule has 244 valence electrons. The predicted octanol–water partition coefficient (Wildman–Crippen LogP) is 2.55. The number of nitrogens with one attached hydrogen (secondary N) is 3. The van der Waals surface area contributed by atoms with Crippen molar-refractivity contribution in [1.82, 2.24) is 35.5 Å². The van der Waals surface area contributed by atoms with Crippen LogP contribution in [-0.2, 0) is 34.4 Å². The van der Waals surface area contributed by atoms with Gasteiger partial charge in [-0.25, -0.2) is 0 Å². The summed E-state index contributed by atoms with van der Waals surface area (Å²) in [6.45, 7) is 5.69. The molecule has 1 aromatic carbocycles. The van der Waals surface area contributed by atoms with Crippen molar-refractivity contribution >= 4 is 23.6 Å². The van der Waals surface area contributed by atoms with Crippen LogP contribution in [-0.4, -0.2) is 87.5 Å². The number of carbonyl (C=O) groups is 4. The third-order valence-electron chi connectivity index (χ3n) is 9.74. The van der Waals surface area contributed by atoms with Crippen LogP contribution >= 0.6 is 0 Å². The van der Waals surface area contributed by atoms with E-state index in [4.69, 9.17) is 0 Å². The first kappa shape index (κ1) is 32.7. The number of hydrogen-bond acceptors (Lipinski definition) is 6. The summed E-state index contributed by atoms with van der Waals surface area (Å²) in [6.07, 6.45) is 10.6. The molecule has 2 aromatic rings. The van der Waals surface area contributed by atoms with Crippen LogP contribution in [0.3, 0.4) is 0 Å². The number of nitrogens with zero attached hydrogens (tertiary/aromatic N) is 4. The van der Waals surface area contributed by atoms with E-state index in [0.29, 0.717) is 37.7 Å². The quantitative estimate of drug-likeness (QED) is 0.355. The average molecular weight is 620 g/mol. The van der Waals surface area contributed by atoms with E-state index in [1.165, 1.54) is 11.1 Å². The Balaban J connectivity index is 1.20. The van der Waals surface area contributed by atoms with Gasteiger partial charge in [-0.3, -0.25) is 28.8 Å². The highest BCUT2D eigenvalue weighted by Gasteiger charge is 2.34. The summed E-state index contributed by atoms with van der Waals surface area (Å²) >= 11 is 0. The normalized spacial score (nSPS) is 20.5. The summed E-state index contributed by atoms with van der Waals surface area (Å²) in [5.74, 6) is -0.540. The smallest absolute Gasteiger partial charge is 0.270 e. The molecule has 1 aromatic heterocycles. The molecule has 0 spiro atoms. The Morgan fingerprint density at radius 2 is 1.62 bits per heavy atom. The number of rotatable bonds is 11. The van der Waals surface area contributed by atoms with Gasteiger partial charge in [-0.15, -0.1) is 0 Å². The second-order valence-electron chi connectivity index (χ2n) is 12.9. The van der Waals surface area contributed by atoms with Crippen LogP contribution in [0.25, 0.3) is 0 Å². The summed E-state index contributed by atoms with van der Waals surface area (Å²) in [4.78, 5) is 57.0. The maximum atomic E-state index is 13.7. The highest BCUT2D eigenvalue weighted by molar-refractivity contribution is 5.96. The number of carbonyl (C=O) groups excluding carboxylic acids is 4. The Labute approximate surface area is 266 Å². The third-order valence-corrected chi connectivity index (χ3v) is 9.74. The van der Waals surface area contributed by atoms with Gasteiger partial charge >= 0.3 is 0 Å². The fourth-order valence-corrected chi connectivity index (χ4v) is 7.13. The molecular formula is C34H49N7O4. The Morgan fingerprint density at radius 3 is 2.33 bits per heavy atom. The Kier molecular flexibility index (Phi) is 11.3. The fraction of sp³-hybridized carbons (Fsp3) is 0.618. The Bertz CT molecular complexity index is 1320. The zero-order valence-corrected chi connectivity index (χ0v) is 26.8. The molecule has 3 N–H and O–H groups in total. The number of benzene rings is 1. The van der Waals surface area contributed by atoms with Crippen molar-refractivity contribution in [2.24, 2.45) is 13.0 Å². The van der Waals surface area contributed by atoms with Crippen molar-refractivity contribution in [3.05, 3.63) is 53.3 Å². The molecule has 0 bridgehead atoms. The number of aromatic nitrogens is 2. The molecule has 3 aliphatic rings. The summed E-state index contributed by atoms with van der Waals surface area (Å²) < 4.78 is 1.51. The standard InChI is InChI=1S/C34H49N7O4/c1-3-30(42)37-28(34(45)41-20-8-19-40-18-7-11-27(40)23-41)21-24-12-14-25(15-13-24)22-35-33(44)31(26-9-5-4-6-10-26)38-32(43)29-16-17-36-39(29)2/h12-17,26-28,31H,3-11,18-23H2,1-2H3,(H,35,44)(H,37,42)(H,38,43)/t27?,28-,31?/m1/s1. The molecule has 3 heterocycles. The second kappa shape index (κ2) is 15.5. The van der Waals surface area contributed by atoms with Crippen LogP contribution in [0.5, 0.6) is 0 Å². The number of amides is 4. The maximum absolute atomic E-state index is 13.7.